The van der Waals surface area contributed by atoms with E-state index in [0.717, 1.165) is 44.9 Å². The summed E-state index contributed by atoms with van der Waals surface area (Å²) in [7, 11) is 0. The van der Waals surface area contributed by atoms with Crippen molar-refractivity contribution in [1.29, 1.82) is 0 Å². The zero-order chi connectivity index (χ0) is 28.3. The Morgan fingerprint density at radius 3 is 1.45 bits per heavy atom. The van der Waals surface area contributed by atoms with Gasteiger partial charge in [-0.25, -0.2) is 0 Å². The monoisotopic (exact) mass is 540 g/mol. The molecule has 224 valence electrons. The molecule has 0 radical (unpaired) electrons. The summed E-state index contributed by atoms with van der Waals surface area (Å²) in [5.41, 5.74) is 0. The van der Waals surface area contributed by atoms with E-state index in [1.165, 1.54) is 51.4 Å². The second-order valence-electron chi connectivity index (χ2n) is 10.8. The first-order valence-electron chi connectivity index (χ1n) is 16.0. The molecule has 0 aromatic rings. The highest BCUT2D eigenvalue weighted by molar-refractivity contribution is 5.70. The van der Waals surface area contributed by atoms with E-state index in [4.69, 9.17) is 14.2 Å². The van der Waals surface area contributed by atoms with E-state index in [1.807, 2.05) is 6.92 Å². The predicted molar refractivity (Wildman–Crippen MR) is 155 cm³/mol. The van der Waals surface area contributed by atoms with Gasteiger partial charge in [-0.2, -0.15) is 0 Å². The summed E-state index contributed by atoms with van der Waals surface area (Å²) in [5, 5.41) is 0. The van der Waals surface area contributed by atoms with Crippen LogP contribution in [0.2, 0.25) is 0 Å². The molecular formula is C32H60O6. The highest BCUT2D eigenvalue weighted by Gasteiger charge is 2.18. The van der Waals surface area contributed by atoms with Gasteiger partial charge in [0.25, 0.3) is 0 Å². The van der Waals surface area contributed by atoms with Gasteiger partial charge in [0.2, 0.25) is 0 Å². The molecule has 0 spiro atoms. The van der Waals surface area contributed by atoms with Gasteiger partial charge in [-0.05, 0) is 51.9 Å². The molecule has 0 aromatic heterocycles. The van der Waals surface area contributed by atoms with Crippen molar-refractivity contribution < 1.29 is 28.6 Å². The van der Waals surface area contributed by atoms with Crippen LogP contribution in [0.1, 0.15) is 169 Å². The summed E-state index contributed by atoms with van der Waals surface area (Å²) in [6.45, 7) is 8.79. The standard InChI is InChI=1S/C32H60O6/c1-5-8-11-14-17-22-30(33)36-27-20-21-29(38-32(35)24-19-16-13-10-7-3)26-25-28(4)37-31(34)23-18-15-12-9-6-2/h28-29H,5-27H2,1-4H3/t28-,29+/m0/s1. The van der Waals surface area contributed by atoms with Crippen molar-refractivity contribution >= 4 is 17.9 Å². The summed E-state index contributed by atoms with van der Waals surface area (Å²) >= 11 is 0. The fraction of sp³-hybridized carbons (Fsp3) is 0.906. The van der Waals surface area contributed by atoms with Crippen LogP contribution in [0.25, 0.3) is 0 Å². The lowest BCUT2D eigenvalue weighted by atomic mass is 10.1. The third-order valence-corrected chi connectivity index (χ3v) is 6.91. The van der Waals surface area contributed by atoms with E-state index >= 15 is 0 Å². The van der Waals surface area contributed by atoms with Gasteiger partial charge in [0.1, 0.15) is 6.10 Å². The molecule has 6 nitrogen and oxygen atoms in total. The summed E-state index contributed by atoms with van der Waals surface area (Å²) in [6.07, 6.45) is 20.0. The van der Waals surface area contributed by atoms with E-state index in [2.05, 4.69) is 20.8 Å². The normalized spacial score (nSPS) is 12.6. The first-order chi connectivity index (χ1) is 18.4. The van der Waals surface area contributed by atoms with Crippen LogP contribution >= 0.6 is 0 Å². The van der Waals surface area contributed by atoms with Gasteiger partial charge in [0, 0.05) is 19.3 Å². The summed E-state index contributed by atoms with van der Waals surface area (Å²) in [4.78, 5) is 36.6. The molecule has 2 atom stereocenters. The minimum Gasteiger partial charge on any atom is -0.466 e. The average molecular weight is 541 g/mol. The molecule has 0 aliphatic heterocycles. The Balaban J connectivity index is 4.42. The summed E-state index contributed by atoms with van der Waals surface area (Å²) in [5.74, 6) is -0.444. The van der Waals surface area contributed by atoms with Crippen LogP contribution < -0.4 is 0 Å². The second kappa shape index (κ2) is 27.0. The van der Waals surface area contributed by atoms with E-state index in [0.29, 0.717) is 51.6 Å². The number of hydrogen-bond acceptors (Lipinski definition) is 6. The molecule has 0 unspecified atom stereocenters. The molecule has 0 saturated carbocycles. The fourth-order valence-corrected chi connectivity index (χ4v) is 4.46. The molecule has 0 aliphatic rings. The van der Waals surface area contributed by atoms with E-state index in [9.17, 15) is 14.4 Å². The van der Waals surface area contributed by atoms with E-state index < -0.39 is 0 Å². The average Bonchev–Trinajstić information content (AvgIpc) is 2.89. The first kappa shape index (κ1) is 36.4. The molecule has 6 heteroatoms. The minimum atomic E-state index is -0.249. The lowest BCUT2D eigenvalue weighted by Gasteiger charge is -2.20. The topological polar surface area (TPSA) is 78.9 Å². The molecule has 0 amide bonds. The number of esters is 3. The third kappa shape index (κ3) is 24.7. The van der Waals surface area contributed by atoms with Crippen molar-refractivity contribution in [2.24, 2.45) is 0 Å². The predicted octanol–water partition coefficient (Wildman–Crippen LogP) is 9.02. The zero-order valence-corrected chi connectivity index (χ0v) is 25.4. The third-order valence-electron chi connectivity index (χ3n) is 6.91. The Morgan fingerprint density at radius 1 is 0.500 bits per heavy atom. The Morgan fingerprint density at radius 2 is 0.947 bits per heavy atom. The number of unbranched alkanes of at least 4 members (excludes halogenated alkanes) is 12. The SMILES string of the molecule is CCCCCCCC(=O)OCCC[C@H](CC[C@H](C)OC(=O)CCCCCCC)OC(=O)CCCCCCC. The fourth-order valence-electron chi connectivity index (χ4n) is 4.46. The van der Waals surface area contributed by atoms with Gasteiger partial charge in [-0.3, -0.25) is 14.4 Å². The molecule has 38 heavy (non-hydrogen) atoms. The van der Waals surface area contributed by atoms with Crippen LogP contribution in [0.15, 0.2) is 0 Å². The van der Waals surface area contributed by atoms with Crippen LogP contribution in [0.5, 0.6) is 0 Å². The molecule has 0 aromatic carbocycles. The molecule has 0 N–H and O–H groups in total. The Bertz CT molecular complexity index is 576. The molecule has 0 rings (SSSR count). The van der Waals surface area contributed by atoms with Crippen LogP contribution in [-0.4, -0.2) is 36.7 Å². The number of ether oxygens (including phenoxy) is 3. The zero-order valence-electron chi connectivity index (χ0n) is 25.4. The van der Waals surface area contributed by atoms with Gasteiger partial charge in [0.15, 0.2) is 0 Å². The number of carbonyl (C=O) groups excluding carboxylic acids is 3. The van der Waals surface area contributed by atoms with Crippen molar-refractivity contribution in [1.82, 2.24) is 0 Å². The molecule has 0 saturated heterocycles. The van der Waals surface area contributed by atoms with Gasteiger partial charge in [-0.15, -0.1) is 0 Å². The van der Waals surface area contributed by atoms with Crippen molar-refractivity contribution in [3.8, 4) is 0 Å². The van der Waals surface area contributed by atoms with E-state index in [-0.39, 0.29) is 30.1 Å². The maximum atomic E-state index is 12.4. The van der Waals surface area contributed by atoms with E-state index in [1.54, 1.807) is 0 Å². The van der Waals surface area contributed by atoms with Crippen LogP contribution in [0.3, 0.4) is 0 Å². The maximum absolute atomic E-state index is 12.4. The number of carbonyl (C=O) groups is 3. The van der Waals surface area contributed by atoms with Gasteiger partial charge < -0.3 is 14.2 Å². The largest absolute Gasteiger partial charge is 0.466 e. The number of hydrogen-bond donors (Lipinski definition) is 0. The summed E-state index contributed by atoms with van der Waals surface area (Å²) in [6, 6.07) is 0. The summed E-state index contributed by atoms with van der Waals surface area (Å²) < 4.78 is 16.8. The highest BCUT2D eigenvalue weighted by Crippen LogP contribution is 2.17. The van der Waals surface area contributed by atoms with Crippen LogP contribution in [0.4, 0.5) is 0 Å². The minimum absolute atomic E-state index is 0.141. The Hall–Kier alpha value is -1.59. The molecule has 0 fully saturated rings. The lowest BCUT2D eigenvalue weighted by Crippen LogP contribution is -2.22. The van der Waals surface area contributed by atoms with Gasteiger partial charge in [0.05, 0.1) is 12.7 Å². The highest BCUT2D eigenvalue weighted by atomic mass is 16.6. The van der Waals surface area contributed by atoms with Crippen LogP contribution in [-0.2, 0) is 28.6 Å². The molecular weight excluding hydrogens is 480 g/mol. The van der Waals surface area contributed by atoms with Gasteiger partial charge >= 0.3 is 17.9 Å². The first-order valence-corrected chi connectivity index (χ1v) is 16.0. The van der Waals surface area contributed by atoms with Crippen molar-refractivity contribution in [2.45, 2.75) is 181 Å². The molecule has 0 bridgehead atoms. The van der Waals surface area contributed by atoms with Crippen LogP contribution in [0, 0.1) is 0 Å². The number of rotatable bonds is 27. The Labute approximate surface area is 234 Å². The van der Waals surface area contributed by atoms with Gasteiger partial charge in [-0.1, -0.05) is 97.8 Å². The molecule has 0 aliphatic carbocycles. The van der Waals surface area contributed by atoms with Crippen molar-refractivity contribution in [2.75, 3.05) is 6.61 Å². The van der Waals surface area contributed by atoms with Crippen molar-refractivity contribution in [3.05, 3.63) is 0 Å². The quantitative estimate of drug-likeness (QED) is 0.0587. The Kier molecular flexibility index (Phi) is 25.9. The smallest absolute Gasteiger partial charge is 0.306 e. The van der Waals surface area contributed by atoms with Crippen molar-refractivity contribution in [3.63, 3.8) is 0 Å². The molecule has 0 heterocycles. The lowest BCUT2D eigenvalue weighted by molar-refractivity contribution is -0.153. The maximum Gasteiger partial charge on any atom is 0.306 e. The second-order valence-corrected chi connectivity index (χ2v) is 10.8.